The van der Waals surface area contributed by atoms with Crippen LogP contribution in [0, 0.1) is 6.92 Å². The van der Waals surface area contributed by atoms with E-state index < -0.39 is 27.7 Å². The Hall–Kier alpha value is -4.52. The molecule has 13 heteroatoms. The minimum atomic E-state index is -3.34. The molecule has 1 aromatic heterocycles. The van der Waals surface area contributed by atoms with E-state index in [-0.39, 0.29) is 34.4 Å². The summed E-state index contributed by atoms with van der Waals surface area (Å²) >= 11 is 6.67. The number of sulfonamides is 1. The Bertz CT molecular complexity index is 2370. The minimum absolute atomic E-state index is 0.138. The van der Waals surface area contributed by atoms with Gasteiger partial charge in [0.25, 0.3) is 5.91 Å². The van der Waals surface area contributed by atoms with Crippen LogP contribution in [0.15, 0.2) is 65.7 Å². The lowest BCUT2D eigenvalue weighted by Crippen LogP contribution is -2.34. The topological polar surface area (TPSA) is 139 Å². The minimum Gasteiger partial charge on any atom is -0.462 e. The Morgan fingerprint density at radius 2 is 1.47 bits per heavy atom. The number of benzene rings is 3. The number of ether oxygens (including phenoxy) is 1. The molecule has 0 radical (unpaired) electrons. The number of rotatable bonds is 28. The van der Waals surface area contributed by atoms with Crippen molar-refractivity contribution < 1.29 is 27.5 Å². The molecular weight excluding hydrogens is 870 g/mol. The molecule has 11 nitrogen and oxygen atoms in total. The zero-order chi connectivity index (χ0) is 47.5. The molecule has 1 heterocycles. The van der Waals surface area contributed by atoms with Gasteiger partial charge < -0.3 is 19.5 Å². The second-order valence-corrected chi connectivity index (χ2v) is 20.3. The maximum atomic E-state index is 15.2. The molecule has 0 bridgehead atoms. The third-order valence-electron chi connectivity index (χ3n) is 12.9. The van der Waals surface area contributed by atoms with E-state index in [4.69, 9.17) is 21.3 Å². The average molecular weight is 945 g/mol. The molecule has 1 aliphatic carbocycles. The normalized spacial score (nSPS) is 13.6. The van der Waals surface area contributed by atoms with Crippen molar-refractivity contribution in [2.45, 2.75) is 149 Å². The van der Waals surface area contributed by atoms with Crippen LogP contribution in [0.2, 0.25) is 5.02 Å². The highest BCUT2D eigenvalue weighted by Crippen LogP contribution is 2.39. The van der Waals surface area contributed by atoms with Crippen LogP contribution in [0.25, 0.3) is 10.9 Å². The van der Waals surface area contributed by atoms with Gasteiger partial charge in [-0.2, -0.15) is 0 Å². The Labute approximate surface area is 399 Å². The number of carbonyl (C=O) groups is 3. The molecule has 1 amide bonds. The van der Waals surface area contributed by atoms with Gasteiger partial charge in [0.2, 0.25) is 15.8 Å². The Balaban J connectivity index is 1.32. The predicted octanol–water partition coefficient (Wildman–Crippen LogP) is 12.8. The smallest absolute Gasteiger partial charge is 0.338 e. The zero-order valence-corrected chi connectivity index (χ0v) is 41.8. The van der Waals surface area contributed by atoms with Gasteiger partial charge in [0.15, 0.2) is 5.71 Å². The van der Waals surface area contributed by atoms with E-state index in [9.17, 15) is 18.0 Å². The summed E-state index contributed by atoms with van der Waals surface area (Å²) in [4.78, 5) is 50.0. The van der Waals surface area contributed by atoms with Gasteiger partial charge >= 0.3 is 5.97 Å². The fourth-order valence-corrected chi connectivity index (χ4v) is 9.85. The number of aliphatic imine (C=N–C) groups is 1. The Morgan fingerprint density at radius 3 is 2.09 bits per heavy atom. The maximum Gasteiger partial charge on any atom is 0.338 e. The number of anilines is 2. The van der Waals surface area contributed by atoms with Gasteiger partial charge in [-0.3, -0.25) is 9.59 Å². The van der Waals surface area contributed by atoms with Crippen molar-refractivity contribution in [2.24, 2.45) is 12.0 Å². The second kappa shape index (κ2) is 26.7. The summed E-state index contributed by atoms with van der Waals surface area (Å²) in [6.07, 6.45) is 23.6. The van der Waals surface area contributed by atoms with Crippen LogP contribution in [0.4, 0.5) is 17.1 Å². The lowest BCUT2D eigenvalue weighted by atomic mass is 9.84. The van der Waals surface area contributed by atoms with Crippen LogP contribution in [-0.4, -0.2) is 68.9 Å². The van der Waals surface area contributed by atoms with Crippen LogP contribution < -0.4 is 14.9 Å². The van der Waals surface area contributed by atoms with Gasteiger partial charge in [-0.25, -0.2) is 22.9 Å². The van der Waals surface area contributed by atoms with Crippen molar-refractivity contribution in [3.63, 3.8) is 0 Å². The highest BCUT2D eigenvalue weighted by Gasteiger charge is 2.33. The molecule has 2 N–H and O–H groups in total. The monoisotopic (exact) mass is 944 g/mol. The van der Waals surface area contributed by atoms with Crippen LogP contribution in [-0.2, 0) is 26.6 Å². The van der Waals surface area contributed by atoms with E-state index in [1.165, 1.54) is 76.7 Å². The second-order valence-electron chi connectivity index (χ2n) is 18.1. The first kappa shape index (κ1) is 52.4. The van der Waals surface area contributed by atoms with E-state index >= 15 is 4.79 Å². The highest BCUT2D eigenvalue weighted by molar-refractivity contribution is 7.88. The first-order valence-electron chi connectivity index (χ1n) is 24.6. The van der Waals surface area contributed by atoms with Crippen molar-refractivity contribution in [2.75, 3.05) is 42.7 Å². The first-order chi connectivity index (χ1) is 31.8. The SMILES string of the molecule is CCCCCCCCCCCCCCCCOC(=O)c1ccc(Cl)c(NC(=O)C(=Nc2ccc(N(CC)CCNS(C)(=O)=O)cc2C)C(=O)c2c(C3CCCCC3)n(C)c3ccccc23)c1. The number of unbranched alkanes of at least 4 members (excludes halogenated alkanes) is 13. The lowest BCUT2D eigenvalue weighted by molar-refractivity contribution is -0.110. The number of esters is 1. The van der Waals surface area contributed by atoms with Gasteiger partial charge in [0, 0.05) is 49.0 Å². The third-order valence-corrected chi connectivity index (χ3v) is 13.9. The number of halogens is 1. The molecule has 1 fully saturated rings. The van der Waals surface area contributed by atoms with Crippen molar-refractivity contribution in [3.05, 3.63) is 88.1 Å². The summed E-state index contributed by atoms with van der Waals surface area (Å²) in [5.74, 6) is -1.64. The molecule has 66 heavy (non-hydrogen) atoms. The number of hydrogen-bond donors (Lipinski definition) is 2. The summed E-state index contributed by atoms with van der Waals surface area (Å²) in [6.45, 7) is 7.70. The van der Waals surface area contributed by atoms with Crippen LogP contribution >= 0.6 is 11.6 Å². The molecule has 0 unspecified atom stereocenters. The number of aromatic nitrogens is 1. The zero-order valence-electron chi connectivity index (χ0n) is 40.2. The quantitative estimate of drug-likeness (QED) is 0.0190. The molecule has 0 aliphatic heterocycles. The highest BCUT2D eigenvalue weighted by atomic mass is 35.5. The van der Waals surface area contributed by atoms with E-state index in [0.29, 0.717) is 36.5 Å². The number of ketones is 1. The number of amides is 1. The molecule has 1 aliphatic rings. The van der Waals surface area contributed by atoms with Crippen molar-refractivity contribution >= 4 is 73.0 Å². The van der Waals surface area contributed by atoms with E-state index in [1.54, 1.807) is 18.2 Å². The summed E-state index contributed by atoms with van der Waals surface area (Å²) in [7, 11) is -1.36. The average Bonchev–Trinajstić information content (AvgIpc) is 3.60. The molecule has 5 rings (SSSR count). The van der Waals surface area contributed by atoms with E-state index in [1.807, 2.05) is 62.2 Å². The van der Waals surface area contributed by atoms with E-state index in [2.05, 4.69) is 21.5 Å². The van der Waals surface area contributed by atoms with Crippen LogP contribution in [0.1, 0.15) is 174 Å². The first-order valence-corrected chi connectivity index (χ1v) is 26.9. The molecule has 0 atom stereocenters. The molecule has 3 aromatic carbocycles. The summed E-state index contributed by atoms with van der Waals surface area (Å²) in [5, 5.41) is 3.79. The van der Waals surface area contributed by atoms with Gasteiger partial charge in [0.1, 0.15) is 0 Å². The van der Waals surface area contributed by atoms with Gasteiger partial charge in [-0.05, 0) is 87.1 Å². The number of Topliss-reactive ketones (excluding diaryl/α,β-unsaturated/α-hetero) is 1. The van der Waals surface area contributed by atoms with E-state index in [0.717, 1.165) is 79.9 Å². The number of nitrogens with one attached hydrogen (secondary N) is 2. The predicted molar refractivity (Wildman–Crippen MR) is 273 cm³/mol. The van der Waals surface area contributed by atoms with Crippen molar-refractivity contribution in [1.82, 2.24) is 9.29 Å². The summed E-state index contributed by atoms with van der Waals surface area (Å²) in [6, 6.07) is 17.9. The van der Waals surface area contributed by atoms with Gasteiger partial charge in [-0.15, -0.1) is 0 Å². The number of likely N-dealkylation sites (N-methyl/N-ethyl adjacent to an activating group) is 1. The van der Waals surface area contributed by atoms with Crippen molar-refractivity contribution in [3.8, 4) is 0 Å². The molecule has 0 spiro atoms. The summed E-state index contributed by atoms with van der Waals surface area (Å²) < 4.78 is 33.7. The molecule has 4 aromatic rings. The third kappa shape index (κ3) is 15.5. The lowest BCUT2D eigenvalue weighted by Gasteiger charge is -2.24. The maximum absolute atomic E-state index is 15.2. The van der Waals surface area contributed by atoms with Gasteiger partial charge in [-0.1, -0.05) is 139 Å². The molecule has 0 saturated heterocycles. The van der Waals surface area contributed by atoms with Gasteiger partial charge in [0.05, 0.1) is 40.4 Å². The largest absolute Gasteiger partial charge is 0.462 e. The molecule has 1 saturated carbocycles. The number of aryl methyl sites for hydroxylation is 2. The van der Waals surface area contributed by atoms with Crippen LogP contribution in [0.3, 0.4) is 0 Å². The number of carbonyl (C=O) groups excluding carboxylic acids is 3. The van der Waals surface area contributed by atoms with Crippen molar-refractivity contribution in [1.29, 1.82) is 0 Å². The number of hydrogen-bond acceptors (Lipinski definition) is 8. The number of nitrogens with zero attached hydrogens (tertiary/aromatic N) is 3. The molecular formula is C53H74ClN5O6S. The fraction of sp³-hybridized carbons (Fsp3) is 0.547. The van der Waals surface area contributed by atoms with Crippen LogP contribution in [0.5, 0.6) is 0 Å². The number of para-hydroxylation sites is 1. The Morgan fingerprint density at radius 1 is 0.833 bits per heavy atom. The number of fused-ring (bicyclic) bond motifs is 1. The fourth-order valence-electron chi connectivity index (χ4n) is 9.22. The summed E-state index contributed by atoms with van der Waals surface area (Å²) in [5.41, 5.74) is 4.32. The Kier molecular flexibility index (Phi) is 21.2. The standard InChI is InChI=1S/C53H74ClN5O6S/c1-6-8-9-10-11-12-13-14-15-16-17-18-19-25-36-65-53(62)41-30-32-44(54)46(38-41)57-52(61)49(56-45-33-31-42(37-39(45)3)59(7-2)35-34-55-66(5,63)64)51(60)48-43-28-23-24-29-47(43)58(4)50(48)40-26-21-20-22-27-40/h23-24,28-33,37-38,40,55H,6-22,25-27,34-36H2,1-5H3,(H,57,61). The molecule has 360 valence electrons.